The second-order valence-electron chi connectivity index (χ2n) is 5.99. The minimum absolute atomic E-state index is 0.131. The third kappa shape index (κ3) is 4.99. The Morgan fingerprint density at radius 3 is 1.27 bits per heavy atom. The van der Waals surface area contributed by atoms with Crippen molar-refractivity contribution in [1.82, 2.24) is 0 Å². The first-order chi connectivity index (χ1) is 12.4. The highest BCUT2D eigenvalue weighted by Crippen LogP contribution is 2.25. The number of benzene rings is 2. The van der Waals surface area contributed by atoms with Crippen molar-refractivity contribution < 1.29 is 29.3 Å². The number of hydrogen-bond acceptors (Lipinski definition) is 4. The predicted molar refractivity (Wildman–Crippen MR) is 95.6 cm³/mol. The van der Waals surface area contributed by atoms with E-state index in [0.717, 1.165) is 11.1 Å². The van der Waals surface area contributed by atoms with E-state index in [0.29, 0.717) is 11.5 Å². The van der Waals surface area contributed by atoms with E-state index in [-0.39, 0.29) is 12.8 Å². The second-order valence-corrected chi connectivity index (χ2v) is 5.99. The number of carbonyl (C=O) groups is 2. The summed E-state index contributed by atoms with van der Waals surface area (Å²) in [5.41, 5.74) is 1.50. The van der Waals surface area contributed by atoms with Gasteiger partial charge in [0.15, 0.2) is 0 Å². The molecule has 2 atom stereocenters. The summed E-state index contributed by atoms with van der Waals surface area (Å²) in [6.45, 7) is 0. The average Bonchev–Trinajstić information content (AvgIpc) is 2.65. The lowest BCUT2D eigenvalue weighted by Gasteiger charge is -2.21. The standard InChI is InChI=1S/C20H22O6/c1-25-15-7-3-13(4-8-15)11-17(19(21)22)18(20(23)24)12-14-5-9-16(26-2)10-6-14/h3-10,17-18H,11-12H2,1-2H3,(H,21,22)(H,23,24). The van der Waals surface area contributed by atoms with E-state index in [1.165, 1.54) is 0 Å². The van der Waals surface area contributed by atoms with Gasteiger partial charge in [0.1, 0.15) is 11.5 Å². The summed E-state index contributed by atoms with van der Waals surface area (Å²) in [7, 11) is 3.09. The number of carboxylic acids is 2. The van der Waals surface area contributed by atoms with Crippen molar-refractivity contribution in [2.75, 3.05) is 14.2 Å². The lowest BCUT2D eigenvalue weighted by atomic mass is 9.82. The SMILES string of the molecule is COc1ccc(CC(C(=O)O)C(Cc2ccc(OC)cc2)C(=O)O)cc1. The van der Waals surface area contributed by atoms with Crippen molar-refractivity contribution in [1.29, 1.82) is 0 Å². The molecule has 0 heterocycles. The van der Waals surface area contributed by atoms with Crippen LogP contribution in [-0.4, -0.2) is 36.4 Å². The number of carboxylic acid groups (broad SMARTS) is 2. The highest BCUT2D eigenvalue weighted by atomic mass is 16.5. The molecule has 0 aliphatic rings. The molecule has 0 aromatic heterocycles. The zero-order chi connectivity index (χ0) is 19.1. The van der Waals surface area contributed by atoms with Gasteiger partial charge in [-0.05, 0) is 48.2 Å². The van der Waals surface area contributed by atoms with E-state index >= 15 is 0 Å². The lowest BCUT2D eigenvalue weighted by molar-refractivity contribution is -0.153. The molecule has 2 N–H and O–H groups in total. The zero-order valence-electron chi connectivity index (χ0n) is 14.7. The highest BCUT2D eigenvalue weighted by Gasteiger charge is 2.34. The molecule has 138 valence electrons. The molecule has 0 fully saturated rings. The molecule has 0 aliphatic carbocycles. The number of methoxy groups -OCH3 is 2. The van der Waals surface area contributed by atoms with Crippen LogP contribution in [0.5, 0.6) is 11.5 Å². The van der Waals surface area contributed by atoms with E-state index in [9.17, 15) is 19.8 Å². The molecule has 0 aliphatic heterocycles. The molecular formula is C20H22O6. The molecular weight excluding hydrogens is 336 g/mol. The smallest absolute Gasteiger partial charge is 0.307 e. The molecule has 0 radical (unpaired) electrons. The molecule has 26 heavy (non-hydrogen) atoms. The Bertz CT molecular complexity index is 670. The van der Waals surface area contributed by atoms with E-state index in [4.69, 9.17) is 9.47 Å². The third-order valence-electron chi connectivity index (χ3n) is 4.35. The fraction of sp³-hybridized carbons (Fsp3) is 0.300. The Kier molecular flexibility index (Phi) is 6.60. The van der Waals surface area contributed by atoms with E-state index in [1.54, 1.807) is 62.8 Å². The van der Waals surface area contributed by atoms with Crippen molar-refractivity contribution in [2.24, 2.45) is 11.8 Å². The van der Waals surface area contributed by atoms with Crippen LogP contribution in [0.3, 0.4) is 0 Å². The van der Waals surface area contributed by atoms with Crippen molar-refractivity contribution in [3.8, 4) is 11.5 Å². The van der Waals surface area contributed by atoms with Crippen LogP contribution in [0.4, 0.5) is 0 Å². The number of ether oxygens (including phenoxy) is 2. The molecule has 0 bridgehead atoms. The maximum atomic E-state index is 11.8. The maximum Gasteiger partial charge on any atom is 0.307 e. The second kappa shape index (κ2) is 8.89. The van der Waals surface area contributed by atoms with Gasteiger partial charge in [0, 0.05) is 0 Å². The Balaban J connectivity index is 2.20. The fourth-order valence-electron chi connectivity index (χ4n) is 2.83. The van der Waals surface area contributed by atoms with E-state index < -0.39 is 23.8 Å². The summed E-state index contributed by atoms with van der Waals surface area (Å²) in [4.78, 5) is 23.5. The van der Waals surface area contributed by atoms with Crippen LogP contribution >= 0.6 is 0 Å². The first-order valence-corrected chi connectivity index (χ1v) is 8.16. The summed E-state index contributed by atoms with van der Waals surface area (Å²) in [5, 5.41) is 19.2. The van der Waals surface area contributed by atoms with Gasteiger partial charge in [-0.25, -0.2) is 0 Å². The third-order valence-corrected chi connectivity index (χ3v) is 4.35. The van der Waals surface area contributed by atoms with Crippen molar-refractivity contribution in [3.63, 3.8) is 0 Å². The molecule has 2 aromatic rings. The summed E-state index contributed by atoms with van der Waals surface area (Å²) < 4.78 is 10.2. The van der Waals surface area contributed by atoms with E-state index in [1.807, 2.05) is 0 Å². The molecule has 0 saturated carbocycles. The minimum atomic E-state index is -1.12. The van der Waals surface area contributed by atoms with Crippen LogP contribution in [0.25, 0.3) is 0 Å². The molecule has 2 unspecified atom stereocenters. The van der Waals surface area contributed by atoms with Crippen LogP contribution in [0, 0.1) is 11.8 Å². The maximum absolute atomic E-state index is 11.8. The van der Waals surface area contributed by atoms with Crippen LogP contribution in [0.2, 0.25) is 0 Å². The highest BCUT2D eigenvalue weighted by molar-refractivity contribution is 5.80. The fourth-order valence-corrected chi connectivity index (χ4v) is 2.83. The van der Waals surface area contributed by atoms with Crippen LogP contribution in [-0.2, 0) is 22.4 Å². The zero-order valence-corrected chi connectivity index (χ0v) is 14.7. The molecule has 0 spiro atoms. The lowest BCUT2D eigenvalue weighted by Crippen LogP contribution is -2.33. The average molecular weight is 358 g/mol. The van der Waals surface area contributed by atoms with E-state index in [2.05, 4.69) is 0 Å². The summed E-state index contributed by atoms with van der Waals surface area (Å²) in [6.07, 6.45) is 0.263. The topological polar surface area (TPSA) is 93.1 Å². The van der Waals surface area contributed by atoms with Gasteiger partial charge in [0.2, 0.25) is 0 Å². The van der Waals surface area contributed by atoms with Crippen LogP contribution < -0.4 is 9.47 Å². The summed E-state index contributed by atoms with van der Waals surface area (Å²) >= 11 is 0. The normalized spacial score (nSPS) is 12.8. The van der Waals surface area contributed by atoms with Crippen LogP contribution in [0.15, 0.2) is 48.5 Å². The quantitative estimate of drug-likeness (QED) is 0.716. The number of hydrogen-bond donors (Lipinski definition) is 2. The summed E-state index contributed by atoms with van der Waals surface area (Å²) in [5.74, 6) is -3.00. The Labute approximate surface area is 152 Å². The minimum Gasteiger partial charge on any atom is -0.497 e. The monoisotopic (exact) mass is 358 g/mol. The van der Waals surface area contributed by atoms with Gasteiger partial charge < -0.3 is 19.7 Å². The Hall–Kier alpha value is -3.02. The first-order valence-electron chi connectivity index (χ1n) is 8.16. The predicted octanol–water partition coefficient (Wildman–Crippen LogP) is 2.89. The molecule has 0 amide bonds. The van der Waals surface area contributed by atoms with Gasteiger partial charge in [0.25, 0.3) is 0 Å². The molecule has 6 heteroatoms. The van der Waals surface area contributed by atoms with Crippen LogP contribution in [0.1, 0.15) is 11.1 Å². The van der Waals surface area contributed by atoms with Crippen molar-refractivity contribution >= 4 is 11.9 Å². The van der Waals surface area contributed by atoms with Gasteiger partial charge in [-0.3, -0.25) is 9.59 Å². The molecule has 2 rings (SSSR count). The van der Waals surface area contributed by atoms with Crippen molar-refractivity contribution in [2.45, 2.75) is 12.8 Å². The Morgan fingerprint density at radius 1 is 0.731 bits per heavy atom. The van der Waals surface area contributed by atoms with Gasteiger partial charge in [-0.2, -0.15) is 0 Å². The molecule has 6 nitrogen and oxygen atoms in total. The van der Waals surface area contributed by atoms with Gasteiger partial charge in [-0.15, -0.1) is 0 Å². The van der Waals surface area contributed by atoms with Gasteiger partial charge in [-0.1, -0.05) is 24.3 Å². The van der Waals surface area contributed by atoms with Crippen molar-refractivity contribution in [3.05, 3.63) is 59.7 Å². The van der Waals surface area contributed by atoms with Gasteiger partial charge in [0.05, 0.1) is 26.1 Å². The molecule has 0 saturated heterocycles. The van der Waals surface area contributed by atoms with Gasteiger partial charge >= 0.3 is 11.9 Å². The largest absolute Gasteiger partial charge is 0.497 e. The summed E-state index contributed by atoms with van der Waals surface area (Å²) in [6, 6.07) is 13.9. The number of aliphatic carboxylic acids is 2. The number of rotatable bonds is 9. The molecule has 2 aromatic carbocycles. The first kappa shape index (κ1) is 19.3. The Morgan fingerprint density at radius 2 is 1.04 bits per heavy atom.